The zero-order chi connectivity index (χ0) is 26.0. The van der Waals surface area contributed by atoms with Crippen molar-refractivity contribution in [1.82, 2.24) is 19.8 Å². The molecule has 190 valence electrons. The van der Waals surface area contributed by atoms with Crippen LogP contribution in [0.2, 0.25) is 0 Å². The van der Waals surface area contributed by atoms with Gasteiger partial charge in [-0.05, 0) is 47.7 Å². The maximum absolute atomic E-state index is 13.3. The van der Waals surface area contributed by atoms with E-state index >= 15 is 0 Å². The Morgan fingerprint density at radius 3 is 2.64 bits per heavy atom. The predicted molar refractivity (Wildman–Crippen MR) is 137 cm³/mol. The number of nitrogens with one attached hydrogen (secondary N) is 2. The zero-order valence-corrected chi connectivity index (χ0v) is 21.2. The van der Waals surface area contributed by atoms with Crippen molar-refractivity contribution in [3.05, 3.63) is 59.4 Å². The molecule has 1 aliphatic rings. The molecule has 0 radical (unpaired) electrons. The second-order valence-electron chi connectivity index (χ2n) is 10.6. The Bertz CT molecular complexity index is 1260. The Kier molecular flexibility index (Phi) is 7.01. The number of fused-ring (bicyclic) bond motifs is 2. The Morgan fingerprint density at radius 1 is 1.19 bits per heavy atom. The third-order valence-electron chi connectivity index (χ3n) is 6.34. The molecule has 9 nitrogen and oxygen atoms in total. The fourth-order valence-electron chi connectivity index (χ4n) is 4.32. The SMILES string of the molecule is CN(Cc1nc2ccccc2[nH]1)C(=O)c1ccc2c(c1)CN(CCC(C)(C)C)C(=O)[C@H](CC(=O)O)N2. The molecule has 0 saturated carbocycles. The van der Waals surface area contributed by atoms with E-state index in [1.807, 2.05) is 24.3 Å². The smallest absolute Gasteiger partial charge is 0.305 e. The molecule has 36 heavy (non-hydrogen) atoms. The molecule has 2 heterocycles. The number of carboxylic acid groups (broad SMARTS) is 1. The van der Waals surface area contributed by atoms with Crippen molar-refractivity contribution in [2.75, 3.05) is 18.9 Å². The standard InChI is InChI=1S/C27H33N5O4/c1-27(2,3)11-12-32-15-18-13-17(9-10-19(18)28-22(26(32)36)14-24(33)34)25(35)31(4)16-23-29-20-7-5-6-8-21(20)30-23/h5-10,13,22,28H,11-12,14-16H2,1-4H3,(H,29,30)(H,33,34)/t22-/m0/s1. The number of aromatic nitrogens is 2. The fourth-order valence-corrected chi connectivity index (χ4v) is 4.32. The normalized spacial score (nSPS) is 15.8. The monoisotopic (exact) mass is 491 g/mol. The molecule has 0 fully saturated rings. The van der Waals surface area contributed by atoms with Crippen molar-refractivity contribution in [3.63, 3.8) is 0 Å². The molecule has 0 spiro atoms. The van der Waals surface area contributed by atoms with E-state index in [2.05, 4.69) is 36.1 Å². The molecule has 9 heteroatoms. The van der Waals surface area contributed by atoms with Gasteiger partial charge in [0.25, 0.3) is 5.91 Å². The van der Waals surface area contributed by atoms with Crippen LogP contribution in [0.3, 0.4) is 0 Å². The Morgan fingerprint density at radius 2 is 1.94 bits per heavy atom. The van der Waals surface area contributed by atoms with Gasteiger partial charge >= 0.3 is 5.97 Å². The number of amides is 2. The van der Waals surface area contributed by atoms with Crippen LogP contribution in [-0.2, 0) is 22.7 Å². The molecule has 1 atom stereocenters. The van der Waals surface area contributed by atoms with Crippen LogP contribution >= 0.6 is 0 Å². The van der Waals surface area contributed by atoms with Gasteiger partial charge in [-0.3, -0.25) is 14.4 Å². The lowest BCUT2D eigenvalue weighted by molar-refractivity contribution is -0.141. The van der Waals surface area contributed by atoms with Gasteiger partial charge in [0.1, 0.15) is 11.9 Å². The van der Waals surface area contributed by atoms with Gasteiger partial charge in [0.15, 0.2) is 0 Å². The van der Waals surface area contributed by atoms with Crippen molar-refractivity contribution < 1.29 is 19.5 Å². The molecular formula is C27H33N5O4. The van der Waals surface area contributed by atoms with Crippen molar-refractivity contribution in [2.45, 2.75) is 52.7 Å². The van der Waals surface area contributed by atoms with Crippen molar-refractivity contribution >= 4 is 34.5 Å². The molecule has 2 aromatic carbocycles. The summed E-state index contributed by atoms with van der Waals surface area (Å²) in [4.78, 5) is 48.9. The number of hydrogen-bond donors (Lipinski definition) is 3. The first-order valence-corrected chi connectivity index (χ1v) is 12.1. The lowest BCUT2D eigenvalue weighted by atomic mass is 9.92. The molecule has 1 aromatic heterocycles. The first-order chi connectivity index (χ1) is 17.0. The number of H-pyrrole nitrogens is 1. The van der Waals surface area contributed by atoms with Crippen molar-refractivity contribution in [1.29, 1.82) is 0 Å². The van der Waals surface area contributed by atoms with Gasteiger partial charge < -0.3 is 25.2 Å². The molecule has 4 rings (SSSR count). The zero-order valence-electron chi connectivity index (χ0n) is 21.2. The molecule has 0 saturated heterocycles. The fraction of sp³-hybridized carbons (Fsp3) is 0.407. The first-order valence-electron chi connectivity index (χ1n) is 12.1. The Balaban J connectivity index is 1.56. The number of benzene rings is 2. The summed E-state index contributed by atoms with van der Waals surface area (Å²) in [5.41, 5.74) is 3.73. The summed E-state index contributed by atoms with van der Waals surface area (Å²) in [6.07, 6.45) is 0.456. The average molecular weight is 492 g/mol. The van der Waals surface area contributed by atoms with Gasteiger partial charge in [-0.15, -0.1) is 0 Å². The summed E-state index contributed by atoms with van der Waals surface area (Å²) in [5.74, 6) is -0.761. The number of nitrogens with zero attached hydrogens (tertiary/aromatic N) is 3. The summed E-state index contributed by atoms with van der Waals surface area (Å²) in [6.45, 7) is 7.44. The number of aliphatic carboxylic acids is 1. The van der Waals surface area contributed by atoms with Crippen LogP contribution in [-0.4, -0.2) is 62.3 Å². The summed E-state index contributed by atoms with van der Waals surface area (Å²) in [7, 11) is 1.72. The van der Waals surface area contributed by atoms with Gasteiger partial charge in [-0.2, -0.15) is 0 Å². The summed E-state index contributed by atoms with van der Waals surface area (Å²) in [5, 5.41) is 12.5. The highest BCUT2D eigenvalue weighted by Gasteiger charge is 2.32. The number of anilines is 1. The summed E-state index contributed by atoms with van der Waals surface area (Å²) < 4.78 is 0. The average Bonchev–Trinajstić information content (AvgIpc) is 3.16. The number of para-hydroxylation sites is 2. The second-order valence-corrected chi connectivity index (χ2v) is 10.6. The minimum atomic E-state index is -1.04. The number of hydrogen-bond acceptors (Lipinski definition) is 5. The lowest BCUT2D eigenvalue weighted by Gasteiger charge is -2.27. The number of carboxylic acids is 1. The van der Waals surface area contributed by atoms with Gasteiger partial charge in [0, 0.05) is 31.4 Å². The minimum Gasteiger partial charge on any atom is -0.481 e. The number of aromatic amines is 1. The summed E-state index contributed by atoms with van der Waals surface area (Å²) in [6, 6.07) is 12.1. The van der Waals surface area contributed by atoms with E-state index in [-0.39, 0.29) is 23.7 Å². The Hall–Kier alpha value is -3.88. The third-order valence-corrected chi connectivity index (χ3v) is 6.34. The molecule has 0 aliphatic carbocycles. The van der Waals surface area contributed by atoms with Crippen molar-refractivity contribution in [3.8, 4) is 0 Å². The van der Waals surface area contributed by atoms with E-state index in [4.69, 9.17) is 0 Å². The highest BCUT2D eigenvalue weighted by molar-refractivity contribution is 5.95. The first kappa shape index (κ1) is 25.2. The quantitative estimate of drug-likeness (QED) is 0.462. The molecule has 0 bridgehead atoms. The van der Waals surface area contributed by atoms with E-state index in [0.29, 0.717) is 36.7 Å². The van der Waals surface area contributed by atoms with Crippen molar-refractivity contribution in [2.24, 2.45) is 5.41 Å². The van der Waals surface area contributed by atoms with E-state index in [1.54, 1.807) is 35.0 Å². The number of carbonyl (C=O) groups is 3. The van der Waals surface area contributed by atoms with Gasteiger partial charge in [-0.1, -0.05) is 32.9 Å². The predicted octanol–water partition coefficient (Wildman–Crippen LogP) is 3.87. The molecular weight excluding hydrogens is 458 g/mol. The highest BCUT2D eigenvalue weighted by Crippen LogP contribution is 2.28. The molecule has 3 aromatic rings. The maximum Gasteiger partial charge on any atom is 0.305 e. The van der Waals surface area contributed by atoms with Gasteiger partial charge in [-0.25, -0.2) is 4.98 Å². The number of carbonyl (C=O) groups excluding carboxylic acids is 2. The highest BCUT2D eigenvalue weighted by atomic mass is 16.4. The largest absolute Gasteiger partial charge is 0.481 e. The van der Waals surface area contributed by atoms with Crippen LogP contribution in [0.15, 0.2) is 42.5 Å². The lowest BCUT2D eigenvalue weighted by Crippen LogP contribution is -2.42. The summed E-state index contributed by atoms with van der Waals surface area (Å²) >= 11 is 0. The van der Waals surface area contributed by atoms with Crippen LogP contribution in [0, 0.1) is 5.41 Å². The topological polar surface area (TPSA) is 119 Å². The van der Waals surface area contributed by atoms with Crippen LogP contribution in [0.4, 0.5) is 5.69 Å². The maximum atomic E-state index is 13.3. The number of rotatable bonds is 7. The molecule has 2 amide bonds. The van der Waals surface area contributed by atoms with E-state index in [1.165, 1.54) is 0 Å². The van der Waals surface area contributed by atoms with Gasteiger partial charge in [0.05, 0.1) is 24.0 Å². The van der Waals surface area contributed by atoms with Crippen LogP contribution in [0.25, 0.3) is 11.0 Å². The minimum absolute atomic E-state index is 0.0162. The Labute approximate surface area is 210 Å². The molecule has 3 N–H and O–H groups in total. The van der Waals surface area contributed by atoms with Crippen LogP contribution in [0.5, 0.6) is 0 Å². The van der Waals surface area contributed by atoms with E-state index in [0.717, 1.165) is 23.0 Å². The third kappa shape index (κ3) is 5.84. The van der Waals surface area contributed by atoms with Crippen LogP contribution < -0.4 is 5.32 Å². The van der Waals surface area contributed by atoms with Crippen LogP contribution in [0.1, 0.15) is 55.4 Å². The second kappa shape index (κ2) is 10.0. The van der Waals surface area contributed by atoms with E-state index in [9.17, 15) is 19.5 Å². The number of imidazole rings is 1. The van der Waals surface area contributed by atoms with E-state index < -0.39 is 12.0 Å². The molecule has 0 unspecified atom stereocenters. The van der Waals surface area contributed by atoms with Gasteiger partial charge in [0.2, 0.25) is 5.91 Å². The molecule has 1 aliphatic heterocycles.